The van der Waals surface area contributed by atoms with Gasteiger partial charge in [0, 0.05) is 18.6 Å². The van der Waals surface area contributed by atoms with E-state index in [9.17, 15) is 4.79 Å². The molecule has 5 saturated carbocycles. The van der Waals surface area contributed by atoms with E-state index in [0.29, 0.717) is 53.3 Å². The molecule has 5 aliphatic rings. The molecule has 0 saturated heterocycles. The SMILES string of the molecule is CC(C)COc1c(C(=O)NC2C3CC4CC2CC(C)(C4)C3)cnn1CCNC1CC1. The zero-order valence-corrected chi connectivity index (χ0v) is 18.8. The molecule has 0 spiro atoms. The highest BCUT2D eigenvalue weighted by molar-refractivity contribution is 5.96. The minimum atomic E-state index is -0.00205. The fourth-order valence-electron chi connectivity index (χ4n) is 6.64. The fraction of sp³-hybridized carbons (Fsp3) is 0.833. The summed E-state index contributed by atoms with van der Waals surface area (Å²) in [7, 11) is 0. The Morgan fingerprint density at radius 1 is 1.27 bits per heavy atom. The second kappa shape index (κ2) is 7.85. The highest BCUT2D eigenvalue weighted by Crippen LogP contribution is 2.59. The van der Waals surface area contributed by atoms with Crippen molar-refractivity contribution in [1.29, 1.82) is 0 Å². The molecule has 5 aliphatic carbocycles. The molecule has 1 aromatic heterocycles. The molecule has 0 aliphatic heterocycles. The third-order valence-corrected chi connectivity index (χ3v) is 7.80. The van der Waals surface area contributed by atoms with Gasteiger partial charge in [0.1, 0.15) is 5.56 Å². The van der Waals surface area contributed by atoms with Crippen molar-refractivity contribution in [1.82, 2.24) is 20.4 Å². The fourth-order valence-corrected chi connectivity index (χ4v) is 6.64. The first-order valence-electron chi connectivity index (χ1n) is 12.1. The van der Waals surface area contributed by atoms with Crippen LogP contribution in [0, 0.1) is 29.1 Å². The summed E-state index contributed by atoms with van der Waals surface area (Å²) in [5, 5.41) is 11.5. The molecule has 2 N–H and O–H groups in total. The van der Waals surface area contributed by atoms with E-state index >= 15 is 0 Å². The summed E-state index contributed by atoms with van der Waals surface area (Å²) < 4.78 is 7.96. The van der Waals surface area contributed by atoms with Gasteiger partial charge in [0.2, 0.25) is 5.88 Å². The number of nitrogens with zero attached hydrogens (tertiary/aromatic N) is 2. The van der Waals surface area contributed by atoms with Crippen molar-refractivity contribution in [2.75, 3.05) is 13.2 Å². The van der Waals surface area contributed by atoms with Gasteiger partial charge in [-0.25, -0.2) is 4.68 Å². The molecule has 6 rings (SSSR count). The highest BCUT2D eigenvalue weighted by Gasteiger charge is 2.53. The Morgan fingerprint density at radius 3 is 2.63 bits per heavy atom. The topological polar surface area (TPSA) is 68.2 Å². The summed E-state index contributed by atoms with van der Waals surface area (Å²) in [5.41, 5.74) is 1.12. The molecule has 1 heterocycles. The summed E-state index contributed by atoms with van der Waals surface area (Å²) in [4.78, 5) is 13.3. The maximum atomic E-state index is 13.3. The Labute approximate surface area is 180 Å². The van der Waals surface area contributed by atoms with Gasteiger partial charge in [0.15, 0.2) is 0 Å². The first-order valence-corrected chi connectivity index (χ1v) is 12.1. The number of amides is 1. The summed E-state index contributed by atoms with van der Waals surface area (Å²) in [6.45, 7) is 8.91. The number of aromatic nitrogens is 2. The van der Waals surface area contributed by atoms with Crippen LogP contribution in [-0.4, -0.2) is 40.9 Å². The number of hydrogen-bond donors (Lipinski definition) is 2. The molecule has 6 nitrogen and oxygen atoms in total. The lowest BCUT2D eigenvalue weighted by Crippen LogP contribution is -2.58. The van der Waals surface area contributed by atoms with E-state index in [1.54, 1.807) is 6.20 Å². The van der Waals surface area contributed by atoms with Crippen LogP contribution in [0.25, 0.3) is 0 Å². The predicted molar refractivity (Wildman–Crippen MR) is 117 cm³/mol. The number of hydrogen-bond acceptors (Lipinski definition) is 4. The summed E-state index contributed by atoms with van der Waals surface area (Å²) in [6.07, 6.45) is 10.8. The van der Waals surface area contributed by atoms with Crippen LogP contribution in [0.15, 0.2) is 6.20 Å². The second-order valence-corrected chi connectivity index (χ2v) is 11.3. The quantitative estimate of drug-likeness (QED) is 0.648. The molecule has 30 heavy (non-hydrogen) atoms. The number of carbonyl (C=O) groups is 1. The zero-order valence-electron chi connectivity index (χ0n) is 18.8. The minimum Gasteiger partial charge on any atom is -0.477 e. The van der Waals surface area contributed by atoms with Crippen molar-refractivity contribution < 1.29 is 9.53 Å². The van der Waals surface area contributed by atoms with Crippen molar-refractivity contribution in [2.45, 2.75) is 84.3 Å². The van der Waals surface area contributed by atoms with Gasteiger partial charge < -0.3 is 15.4 Å². The van der Waals surface area contributed by atoms with Crippen LogP contribution < -0.4 is 15.4 Å². The molecular formula is C24H38N4O2. The average molecular weight is 415 g/mol. The van der Waals surface area contributed by atoms with Crippen LogP contribution in [0.2, 0.25) is 0 Å². The molecule has 0 radical (unpaired) electrons. The molecule has 1 aromatic rings. The van der Waals surface area contributed by atoms with Crippen molar-refractivity contribution in [3.63, 3.8) is 0 Å². The lowest BCUT2D eigenvalue weighted by atomic mass is 9.48. The van der Waals surface area contributed by atoms with Crippen LogP contribution >= 0.6 is 0 Å². The van der Waals surface area contributed by atoms with Gasteiger partial charge in [-0.3, -0.25) is 4.79 Å². The van der Waals surface area contributed by atoms with Gasteiger partial charge in [0.05, 0.1) is 19.3 Å². The smallest absolute Gasteiger partial charge is 0.258 e. The minimum absolute atomic E-state index is 0.00205. The standard InChI is InChI=1S/C24H38N4O2/c1-15(2)14-30-23-20(13-26-28(23)7-6-25-19-4-5-19)22(29)27-21-17-8-16-9-18(21)12-24(3,10-16)11-17/h13,15-19,21,25H,4-12,14H2,1-3H3,(H,27,29). The lowest BCUT2D eigenvalue weighted by Gasteiger charge is -2.59. The van der Waals surface area contributed by atoms with Crippen molar-refractivity contribution >= 4 is 5.91 Å². The van der Waals surface area contributed by atoms with Crippen molar-refractivity contribution in [3.8, 4) is 5.88 Å². The summed E-state index contributed by atoms with van der Waals surface area (Å²) in [5.74, 6) is 3.20. The van der Waals surface area contributed by atoms with Crippen LogP contribution in [0.5, 0.6) is 5.88 Å². The normalized spacial score (nSPS) is 34.5. The van der Waals surface area contributed by atoms with Gasteiger partial charge in [-0.15, -0.1) is 0 Å². The Kier molecular flexibility index (Phi) is 5.32. The Balaban J connectivity index is 1.28. The number of nitrogens with one attached hydrogen (secondary N) is 2. The Hall–Kier alpha value is -1.56. The van der Waals surface area contributed by atoms with E-state index < -0.39 is 0 Å². The van der Waals surface area contributed by atoms with Gasteiger partial charge in [0.25, 0.3) is 5.91 Å². The average Bonchev–Trinajstić information content (AvgIpc) is 3.40. The van der Waals surface area contributed by atoms with E-state index in [1.807, 2.05) is 4.68 Å². The molecule has 5 fully saturated rings. The monoisotopic (exact) mass is 414 g/mol. The van der Waals surface area contributed by atoms with Gasteiger partial charge in [-0.2, -0.15) is 5.10 Å². The van der Waals surface area contributed by atoms with E-state index in [1.165, 1.54) is 44.9 Å². The van der Waals surface area contributed by atoms with Crippen LogP contribution in [0.4, 0.5) is 0 Å². The van der Waals surface area contributed by atoms with Crippen LogP contribution in [-0.2, 0) is 6.54 Å². The molecule has 166 valence electrons. The summed E-state index contributed by atoms with van der Waals surface area (Å²) >= 11 is 0. The molecule has 0 aromatic carbocycles. The number of rotatable bonds is 9. The molecule has 2 unspecified atom stereocenters. The summed E-state index contributed by atoms with van der Waals surface area (Å²) in [6, 6.07) is 0.988. The molecular weight excluding hydrogens is 376 g/mol. The van der Waals surface area contributed by atoms with Gasteiger partial charge >= 0.3 is 0 Å². The molecule has 2 atom stereocenters. The predicted octanol–water partition coefficient (Wildman–Crippen LogP) is 3.61. The Bertz CT molecular complexity index is 768. The zero-order chi connectivity index (χ0) is 20.9. The lowest BCUT2D eigenvalue weighted by molar-refractivity contribution is -0.0641. The first kappa shape index (κ1) is 20.3. The second-order valence-electron chi connectivity index (χ2n) is 11.3. The van der Waals surface area contributed by atoms with E-state index in [-0.39, 0.29) is 5.91 Å². The van der Waals surface area contributed by atoms with Gasteiger partial charge in [-0.05, 0) is 74.0 Å². The van der Waals surface area contributed by atoms with E-state index in [2.05, 4.69) is 36.5 Å². The molecule has 6 heteroatoms. The van der Waals surface area contributed by atoms with Crippen LogP contribution in [0.1, 0.15) is 76.1 Å². The molecule has 4 bridgehead atoms. The molecule has 1 amide bonds. The van der Waals surface area contributed by atoms with E-state index in [0.717, 1.165) is 19.0 Å². The number of carbonyl (C=O) groups excluding carboxylic acids is 1. The maximum Gasteiger partial charge on any atom is 0.258 e. The Morgan fingerprint density at radius 2 is 2.00 bits per heavy atom. The van der Waals surface area contributed by atoms with Gasteiger partial charge in [-0.1, -0.05) is 20.8 Å². The van der Waals surface area contributed by atoms with Crippen molar-refractivity contribution in [2.24, 2.45) is 29.1 Å². The van der Waals surface area contributed by atoms with E-state index in [4.69, 9.17) is 4.74 Å². The van der Waals surface area contributed by atoms with Crippen LogP contribution in [0.3, 0.4) is 0 Å². The maximum absolute atomic E-state index is 13.3. The third-order valence-electron chi connectivity index (χ3n) is 7.80. The number of ether oxygens (including phenoxy) is 1. The third kappa shape index (κ3) is 4.12. The largest absolute Gasteiger partial charge is 0.477 e. The van der Waals surface area contributed by atoms with Crippen molar-refractivity contribution in [3.05, 3.63) is 11.8 Å². The highest BCUT2D eigenvalue weighted by atomic mass is 16.5. The first-order chi connectivity index (χ1) is 14.4.